The predicted octanol–water partition coefficient (Wildman–Crippen LogP) is 2.33. The zero-order valence-electron chi connectivity index (χ0n) is 13.0. The van der Waals surface area contributed by atoms with E-state index in [4.69, 9.17) is 0 Å². The quantitative estimate of drug-likeness (QED) is 0.728. The van der Waals surface area contributed by atoms with Gasteiger partial charge in [0.2, 0.25) is 11.8 Å². The van der Waals surface area contributed by atoms with Gasteiger partial charge >= 0.3 is 0 Å². The predicted molar refractivity (Wildman–Crippen MR) is 79.1 cm³/mol. The van der Waals surface area contributed by atoms with E-state index in [1.165, 1.54) is 0 Å². The smallest absolute Gasteiger partial charge is 0.246 e. The van der Waals surface area contributed by atoms with Gasteiger partial charge in [0.1, 0.15) is 12.1 Å². The topological polar surface area (TPSA) is 49.4 Å². The van der Waals surface area contributed by atoms with Gasteiger partial charge in [0.25, 0.3) is 0 Å². The van der Waals surface area contributed by atoms with Crippen LogP contribution >= 0.6 is 0 Å². The van der Waals surface area contributed by atoms with Crippen molar-refractivity contribution in [3.05, 3.63) is 0 Å². The molecule has 4 nitrogen and oxygen atoms in total. The molecule has 0 bridgehead atoms. The summed E-state index contributed by atoms with van der Waals surface area (Å²) in [4.78, 5) is 27.0. The van der Waals surface area contributed by atoms with Gasteiger partial charge in [-0.15, -0.1) is 0 Å². The Kier molecular flexibility index (Phi) is 5.06. The molecule has 0 radical (unpaired) electrons. The number of rotatable bonds is 7. The fourth-order valence-corrected chi connectivity index (χ4v) is 3.04. The van der Waals surface area contributed by atoms with Crippen molar-refractivity contribution in [1.82, 2.24) is 10.2 Å². The summed E-state index contributed by atoms with van der Waals surface area (Å²) in [6, 6.07) is -0.510. The summed E-state index contributed by atoms with van der Waals surface area (Å²) in [5.41, 5.74) is 0. The molecule has 1 N–H and O–H groups in total. The van der Waals surface area contributed by atoms with Crippen molar-refractivity contribution >= 4 is 11.8 Å². The summed E-state index contributed by atoms with van der Waals surface area (Å²) in [5.74, 6) is 0.833. The van der Waals surface area contributed by atoms with Crippen molar-refractivity contribution in [2.75, 3.05) is 6.54 Å². The number of carbonyl (C=O) groups is 2. The highest BCUT2D eigenvalue weighted by Gasteiger charge is 2.48. The SMILES string of the molecule is CCCCCN1C(=O)C(C(C)CC)NC(=O)C1C1CC1. The molecule has 1 heterocycles. The van der Waals surface area contributed by atoms with E-state index in [-0.39, 0.29) is 29.8 Å². The van der Waals surface area contributed by atoms with Crippen LogP contribution in [-0.2, 0) is 9.59 Å². The summed E-state index contributed by atoms with van der Waals surface area (Å²) in [6.45, 7) is 7.02. The van der Waals surface area contributed by atoms with Gasteiger partial charge in [0.05, 0.1) is 0 Å². The molecule has 2 amide bonds. The number of piperazine rings is 1. The van der Waals surface area contributed by atoms with Crippen molar-refractivity contribution in [3.8, 4) is 0 Å². The van der Waals surface area contributed by atoms with E-state index in [1.54, 1.807) is 0 Å². The highest BCUT2D eigenvalue weighted by atomic mass is 16.2. The minimum Gasteiger partial charge on any atom is -0.342 e. The number of nitrogens with one attached hydrogen (secondary N) is 1. The van der Waals surface area contributed by atoms with E-state index in [0.29, 0.717) is 5.92 Å². The second kappa shape index (κ2) is 6.59. The first-order valence-corrected chi connectivity index (χ1v) is 8.21. The van der Waals surface area contributed by atoms with Gasteiger partial charge < -0.3 is 10.2 Å². The molecule has 114 valence electrons. The van der Waals surface area contributed by atoms with Crippen LogP contribution in [0.4, 0.5) is 0 Å². The van der Waals surface area contributed by atoms with Crippen molar-refractivity contribution in [2.45, 2.75) is 71.4 Å². The van der Waals surface area contributed by atoms with E-state index < -0.39 is 0 Å². The Morgan fingerprint density at radius 3 is 2.50 bits per heavy atom. The average Bonchev–Trinajstić information content (AvgIpc) is 3.26. The summed E-state index contributed by atoms with van der Waals surface area (Å²) < 4.78 is 0. The molecule has 2 rings (SSSR count). The molecule has 2 fully saturated rings. The lowest BCUT2D eigenvalue weighted by molar-refractivity contribution is -0.151. The fraction of sp³-hybridized carbons (Fsp3) is 0.875. The van der Waals surface area contributed by atoms with Crippen LogP contribution in [0, 0.1) is 11.8 Å². The van der Waals surface area contributed by atoms with Crippen molar-refractivity contribution in [1.29, 1.82) is 0 Å². The molecular formula is C16H28N2O2. The molecule has 1 saturated heterocycles. The van der Waals surface area contributed by atoms with Gasteiger partial charge in [0.15, 0.2) is 0 Å². The number of nitrogens with zero attached hydrogens (tertiary/aromatic N) is 1. The maximum Gasteiger partial charge on any atom is 0.246 e. The minimum atomic E-state index is -0.316. The Morgan fingerprint density at radius 2 is 1.95 bits per heavy atom. The highest BCUT2D eigenvalue weighted by Crippen LogP contribution is 2.37. The molecule has 20 heavy (non-hydrogen) atoms. The van der Waals surface area contributed by atoms with E-state index in [9.17, 15) is 9.59 Å². The molecule has 1 saturated carbocycles. The third kappa shape index (κ3) is 3.15. The van der Waals surface area contributed by atoms with Crippen LogP contribution in [0.1, 0.15) is 59.3 Å². The Labute approximate surface area is 122 Å². The molecule has 3 unspecified atom stereocenters. The van der Waals surface area contributed by atoms with E-state index in [0.717, 1.165) is 45.1 Å². The van der Waals surface area contributed by atoms with Gasteiger partial charge in [-0.05, 0) is 31.1 Å². The highest BCUT2D eigenvalue weighted by molar-refractivity contribution is 5.97. The number of amides is 2. The second-order valence-electron chi connectivity index (χ2n) is 6.39. The molecule has 0 spiro atoms. The standard InChI is InChI=1S/C16H28N2O2/c1-4-6-7-10-18-14(12-8-9-12)15(19)17-13(16(18)20)11(3)5-2/h11-14H,4-10H2,1-3H3,(H,17,19). The Balaban J connectivity index is 2.10. The lowest BCUT2D eigenvalue weighted by Gasteiger charge is -2.41. The zero-order valence-corrected chi connectivity index (χ0v) is 13.0. The number of hydrogen-bond acceptors (Lipinski definition) is 2. The first-order valence-electron chi connectivity index (χ1n) is 8.21. The third-order valence-electron chi connectivity index (χ3n) is 4.74. The molecule has 0 aromatic carbocycles. The maximum absolute atomic E-state index is 12.7. The van der Waals surface area contributed by atoms with Crippen LogP contribution in [0.15, 0.2) is 0 Å². The number of carbonyl (C=O) groups excluding carboxylic acids is 2. The van der Waals surface area contributed by atoms with Crippen LogP contribution in [0.2, 0.25) is 0 Å². The number of unbranched alkanes of at least 4 members (excludes halogenated alkanes) is 2. The molecular weight excluding hydrogens is 252 g/mol. The normalized spacial score (nSPS) is 28.4. The molecule has 3 atom stereocenters. The first-order chi connectivity index (χ1) is 9.60. The molecule has 1 aliphatic carbocycles. The van der Waals surface area contributed by atoms with Gasteiger partial charge in [-0.3, -0.25) is 9.59 Å². The van der Waals surface area contributed by atoms with Gasteiger partial charge in [-0.25, -0.2) is 0 Å². The van der Waals surface area contributed by atoms with Crippen LogP contribution in [0.5, 0.6) is 0 Å². The summed E-state index contributed by atoms with van der Waals surface area (Å²) >= 11 is 0. The monoisotopic (exact) mass is 280 g/mol. The zero-order chi connectivity index (χ0) is 14.7. The largest absolute Gasteiger partial charge is 0.342 e. The van der Waals surface area contributed by atoms with Crippen LogP contribution in [0.25, 0.3) is 0 Å². The van der Waals surface area contributed by atoms with Crippen LogP contribution < -0.4 is 5.32 Å². The molecule has 4 heteroatoms. The van der Waals surface area contributed by atoms with Gasteiger partial charge in [-0.1, -0.05) is 40.0 Å². The Morgan fingerprint density at radius 1 is 1.25 bits per heavy atom. The molecule has 0 aromatic heterocycles. The third-order valence-corrected chi connectivity index (χ3v) is 4.74. The maximum atomic E-state index is 12.7. The molecule has 1 aliphatic heterocycles. The summed E-state index contributed by atoms with van der Waals surface area (Å²) in [6.07, 6.45) is 6.35. The average molecular weight is 280 g/mol. The molecule has 0 aromatic rings. The fourth-order valence-electron chi connectivity index (χ4n) is 3.04. The lowest BCUT2D eigenvalue weighted by Crippen LogP contribution is -2.65. The Hall–Kier alpha value is -1.06. The number of hydrogen-bond donors (Lipinski definition) is 1. The molecule has 2 aliphatic rings. The van der Waals surface area contributed by atoms with Crippen LogP contribution in [0.3, 0.4) is 0 Å². The van der Waals surface area contributed by atoms with Crippen molar-refractivity contribution in [2.24, 2.45) is 11.8 Å². The lowest BCUT2D eigenvalue weighted by atomic mass is 9.93. The van der Waals surface area contributed by atoms with Crippen molar-refractivity contribution in [3.63, 3.8) is 0 Å². The van der Waals surface area contributed by atoms with Gasteiger partial charge in [-0.2, -0.15) is 0 Å². The van der Waals surface area contributed by atoms with E-state index in [2.05, 4.69) is 19.2 Å². The summed E-state index contributed by atoms with van der Waals surface area (Å²) in [5, 5.41) is 2.98. The van der Waals surface area contributed by atoms with E-state index >= 15 is 0 Å². The van der Waals surface area contributed by atoms with Crippen LogP contribution in [-0.4, -0.2) is 35.3 Å². The summed E-state index contributed by atoms with van der Waals surface area (Å²) in [7, 11) is 0. The van der Waals surface area contributed by atoms with E-state index in [1.807, 2.05) is 11.8 Å². The minimum absolute atomic E-state index is 0.0777. The Bertz CT molecular complexity index is 365. The van der Waals surface area contributed by atoms with Gasteiger partial charge in [0, 0.05) is 6.54 Å². The first kappa shape index (κ1) is 15.3. The second-order valence-corrected chi connectivity index (χ2v) is 6.39. The van der Waals surface area contributed by atoms with Crippen molar-refractivity contribution < 1.29 is 9.59 Å².